The Hall–Kier alpha value is -2.59. The molecule has 0 saturated carbocycles. The second-order valence-corrected chi connectivity index (χ2v) is 7.00. The smallest absolute Gasteiger partial charge is 0.339 e. The first-order chi connectivity index (χ1) is 12.3. The van der Waals surface area contributed by atoms with Gasteiger partial charge in [-0.3, -0.25) is 4.90 Å². The van der Waals surface area contributed by atoms with Crippen LogP contribution < -0.4 is 15.3 Å². The number of nitrogens with one attached hydrogen (secondary N) is 1. The molecule has 0 saturated heterocycles. The summed E-state index contributed by atoms with van der Waals surface area (Å²) in [5.41, 5.74) is 4.94. The highest BCUT2D eigenvalue weighted by Crippen LogP contribution is 2.33. The summed E-state index contributed by atoms with van der Waals surface area (Å²) in [5.74, 6) is 0.852. The van der Waals surface area contributed by atoms with E-state index >= 15 is 0 Å². The van der Waals surface area contributed by atoms with E-state index in [1.165, 1.54) is 16.0 Å². The Kier molecular flexibility index (Phi) is 3.38. The van der Waals surface area contributed by atoms with Gasteiger partial charge in [0.15, 0.2) is 5.58 Å². The molecule has 0 amide bonds. The lowest BCUT2D eigenvalue weighted by molar-refractivity contribution is -0.945. The molecule has 2 aliphatic rings. The maximum absolute atomic E-state index is 12.4. The Balaban J connectivity index is 1.57. The highest BCUT2D eigenvalue weighted by molar-refractivity contribution is 5.86. The van der Waals surface area contributed by atoms with Crippen molar-refractivity contribution in [2.75, 3.05) is 6.73 Å². The summed E-state index contributed by atoms with van der Waals surface area (Å²) in [6.07, 6.45) is 2.85. The highest BCUT2D eigenvalue weighted by Gasteiger charge is 2.27. The lowest BCUT2D eigenvalue weighted by Crippen LogP contribution is -3.10. The van der Waals surface area contributed by atoms with Crippen LogP contribution >= 0.6 is 0 Å². The molecule has 4 heteroatoms. The fraction of sp³-hybridized carbons (Fsp3) is 0.286. The third-order valence-electron chi connectivity index (χ3n) is 5.36. The normalized spacial score (nSPS) is 18.6. The largest absolute Gasteiger partial charge is 0.445 e. The zero-order valence-electron chi connectivity index (χ0n) is 14.0. The number of hydrogen-bond donors (Lipinski definition) is 1. The number of aryl methyl sites for hydroxylation is 1. The topological polar surface area (TPSA) is 43.9 Å². The standard InChI is InChI=1S/C21H19NO3/c23-21-17-8-4-7-15(17)16-9-10-19-18(20(16)25-21)12-22(13-24-19)11-14-5-2-1-3-6-14/h1-3,5-6,9-10H,4,7-8,11-13H2/p+1. The molecule has 2 aromatic carbocycles. The minimum Gasteiger partial charge on any atom is -0.445 e. The Morgan fingerprint density at radius 2 is 1.80 bits per heavy atom. The van der Waals surface area contributed by atoms with E-state index in [-0.39, 0.29) is 5.63 Å². The van der Waals surface area contributed by atoms with E-state index < -0.39 is 0 Å². The summed E-state index contributed by atoms with van der Waals surface area (Å²) >= 11 is 0. The molecule has 1 aromatic heterocycles. The molecule has 1 atom stereocenters. The Morgan fingerprint density at radius 1 is 0.960 bits per heavy atom. The van der Waals surface area contributed by atoms with Crippen LogP contribution in [-0.4, -0.2) is 6.73 Å². The quantitative estimate of drug-likeness (QED) is 0.731. The molecule has 126 valence electrons. The van der Waals surface area contributed by atoms with Gasteiger partial charge in [-0.25, -0.2) is 4.79 Å². The van der Waals surface area contributed by atoms with Crippen molar-refractivity contribution in [2.45, 2.75) is 32.4 Å². The van der Waals surface area contributed by atoms with Crippen LogP contribution in [0.1, 0.15) is 28.7 Å². The first-order valence-corrected chi connectivity index (χ1v) is 8.90. The predicted octanol–water partition coefficient (Wildman–Crippen LogP) is 2.22. The molecule has 3 aromatic rings. The number of ether oxygens (including phenoxy) is 1. The van der Waals surface area contributed by atoms with Crippen molar-refractivity contribution in [2.24, 2.45) is 0 Å². The van der Waals surface area contributed by atoms with E-state index in [2.05, 4.69) is 30.3 Å². The molecule has 5 rings (SSSR count). The summed E-state index contributed by atoms with van der Waals surface area (Å²) in [7, 11) is 0. The molecule has 0 spiro atoms. The maximum Gasteiger partial charge on any atom is 0.339 e. The van der Waals surface area contributed by atoms with Crippen LogP contribution in [0.5, 0.6) is 5.75 Å². The van der Waals surface area contributed by atoms with Crippen molar-refractivity contribution in [1.82, 2.24) is 0 Å². The summed E-state index contributed by atoms with van der Waals surface area (Å²) in [6, 6.07) is 14.5. The van der Waals surface area contributed by atoms with Gasteiger partial charge in [-0.1, -0.05) is 30.3 Å². The van der Waals surface area contributed by atoms with Crippen molar-refractivity contribution in [3.63, 3.8) is 0 Å². The van der Waals surface area contributed by atoms with Crippen molar-refractivity contribution < 1.29 is 14.1 Å². The molecule has 0 bridgehead atoms. The second-order valence-electron chi connectivity index (χ2n) is 7.00. The Morgan fingerprint density at radius 3 is 2.68 bits per heavy atom. The molecule has 0 radical (unpaired) electrons. The Labute approximate surface area is 145 Å². The number of quaternary nitrogens is 1. The van der Waals surface area contributed by atoms with Crippen LogP contribution in [0.25, 0.3) is 11.0 Å². The van der Waals surface area contributed by atoms with E-state index in [0.717, 1.165) is 60.2 Å². The van der Waals surface area contributed by atoms with Crippen LogP contribution in [0.3, 0.4) is 0 Å². The molecule has 1 aliphatic heterocycles. The fourth-order valence-corrected chi connectivity index (χ4v) is 4.17. The van der Waals surface area contributed by atoms with Crippen LogP contribution in [0.2, 0.25) is 0 Å². The third kappa shape index (κ3) is 2.45. The average Bonchev–Trinajstić information content (AvgIpc) is 3.13. The molecule has 1 aliphatic carbocycles. The Bertz CT molecular complexity index is 1010. The van der Waals surface area contributed by atoms with E-state index in [1.807, 2.05) is 12.1 Å². The molecule has 2 heterocycles. The summed E-state index contributed by atoms with van der Waals surface area (Å²) < 4.78 is 11.7. The summed E-state index contributed by atoms with van der Waals surface area (Å²) in [6.45, 7) is 2.33. The van der Waals surface area contributed by atoms with E-state index in [0.29, 0.717) is 6.73 Å². The number of hydrogen-bond acceptors (Lipinski definition) is 3. The van der Waals surface area contributed by atoms with Gasteiger partial charge in [-0.05, 0) is 37.0 Å². The molecule has 25 heavy (non-hydrogen) atoms. The minimum absolute atomic E-state index is 0.163. The lowest BCUT2D eigenvalue weighted by atomic mass is 10.0. The van der Waals surface area contributed by atoms with Crippen molar-refractivity contribution in [1.29, 1.82) is 0 Å². The molecular weight excluding hydrogens is 314 g/mol. The van der Waals surface area contributed by atoms with Gasteiger partial charge < -0.3 is 9.15 Å². The van der Waals surface area contributed by atoms with E-state index in [4.69, 9.17) is 9.15 Å². The molecule has 4 nitrogen and oxygen atoms in total. The average molecular weight is 334 g/mol. The van der Waals surface area contributed by atoms with Crippen LogP contribution in [-0.2, 0) is 25.9 Å². The van der Waals surface area contributed by atoms with Gasteiger partial charge in [0.05, 0.1) is 5.56 Å². The van der Waals surface area contributed by atoms with Gasteiger partial charge in [-0.15, -0.1) is 0 Å². The number of rotatable bonds is 2. The molecule has 1 unspecified atom stereocenters. The van der Waals surface area contributed by atoms with Crippen LogP contribution in [0, 0.1) is 0 Å². The van der Waals surface area contributed by atoms with Crippen molar-refractivity contribution in [3.8, 4) is 5.75 Å². The fourth-order valence-electron chi connectivity index (χ4n) is 4.17. The van der Waals surface area contributed by atoms with Gasteiger partial charge in [0.25, 0.3) is 0 Å². The molecular formula is C21H20NO3+. The monoisotopic (exact) mass is 334 g/mol. The van der Waals surface area contributed by atoms with Crippen molar-refractivity contribution in [3.05, 3.63) is 75.1 Å². The van der Waals surface area contributed by atoms with Gasteiger partial charge in [0.1, 0.15) is 18.8 Å². The number of fused-ring (bicyclic) bond motifs is 5. The second kappa shape index (κ2) is 5.74. The van der Waals surface area contributed by atoms with Gasteiger partial charge >= 0.3 is 5.63 Å². The maximum atomic E-state index is 12.4. The first kappa shape index (κ1) is 14.7. The van der Waals surface area contributed by atoms with Crippen LogP contribution in [0.15, 0.2) is 51.7 Å². The predicted molar refractivity (Wildman–Crippen MR) is 94.8 cm³/mol. The van der Waals surface area contributed by atoms with Crippen LogP contribution in [0.4, 0.5) is 0 Å². The van der Waals surface area contributed by atoms with E-state index in [1.54, 1.807) is 0 Å². The zero-order chi connectivity index (χ0) is 16.8. The first-order valence-electron chi connectivity index (χ1n) is 8.90. The summed E-state index contributed by atoms with van der Waals surface area (Å²) in [4.78, 5) is 13.7. The van der Waals surface area contributed by atoms with E-state index in [9.17, 15) is 4.79 Å². The summed E-state index contributed by atoms with van der Waals surface area (Å²) in [5, 5.41) is 1.09. The minimum atomic E-state index is -0.163. The SMILES string of the molecule is O=c1oc2c3c(ccc2c2c1CCC2)OC[NH+](Cc1ccccc1)C3. The highest BCUT2D eigenvalue weighted by atomic mass is 16.5. The van der Waals surface area contributed by atoms with Gasteiger partial charge in [0, 0.05) is 16.5 Å². The third-order valence-corrected chi connectivity index (χ3v) is 5.36. The van der Waals surface area contributed by atoms with Gasteiger partial charge in [0.2, 0.25) is 6.73 Å². The van der Waals surface area contributed by atoms with Gasteiger partial charge in [-0.2, -0.15) is 0 Å². The molecule has 0 fully saturated rings. The lowest BCUT2D eigenvalue weighted by Gasteiger charge is -2.26. The molecule has 1 N–H and O–H groups in total. The number of benzene rings is 2. The zero-order valence-corrected chi connectivity index (χ0v) is 14.0. The van der Waals surface area contributed by atoms with Crippen molar-refractivity contribution >= 4 is 11.0 Å².